The Hall–Kier alpha value is -0.863. The summed E-state index contributed by atoms with van der Waals surface area (Å²) in [7, 11) is 0.662. The number of hydrogen-bond donors (Lipinski definition) is 0. The summed E-state index contributed by atoms with van der Waals surface area (Å²) in [6.07, 6.45) is 1.90. The molecule has 0 unspecified atom stereocenters. The first-order valence-electron chi connectivity index (χ1n) is 7.86. The Labute approximate surface area is 133 Å². The Morgan fingerprint density at radius 2 is 1.43 bits per heavy atom. The van der Waals surface area contributed by atoms with E-state index in [9.17, 15) is 0 Å². The van der Waals surface area contributed by atoms with Crippen molar-refractivity contribution in [3.63, 3.8) is 0 Å². The van der Waals surface area contributed by atoms with E-state index in [0.29, 0.717) is 10.1 Å². The van der Waals surface area contributed by atoms with E-state index in [-0.39, 0.29) is 0 Å². The van der Waals surface area contributed by atoms with Gasteiger partial charge in [-0.25, -0.2) is 0 Å². The first-order valence-corrected chi connectivity index (χ1v) is 10.3. The molecule has 21 heavy (non-hydrogen) atoms. The van der Waals surface area contributed by atoms with Crippen LogP contribution in [0.2, 0.25) is 16.6 Å². The highest BCUT2D eigenvalue weighted by molar-refractivity contribution is 6.81. The lowest BCUT2D eigenvalue weighted by molar-refractivity contribution is 0.419. The fourth-order valence-corrected chi connectivity index (χ4v) is 8.50. The maximum Gasteiger partial charge on any atom is 0.136 e. The minimum Gasteiger partial charge on any atom is -0.321 e. The lowest BCUT2D eigenvalue weighted by atomic mass is 10.1. The van der Waals surface area contributed by atoms with Crippen molar-refractivity contribution in [3.8, 4) is 0 Å². The molecule has 1 aromatic carbocycles. The fourth-order valence-electron chi connectivity index (χ4n) is 3.46. The van der Waals surface area contributed by atoms with Crippen molar-refractivity contribution in [2.24, 2.45) is 0 Å². The molecule has 0 aliphatic rings. The molecule has 0 saturated carbocycles. The molecule has 1 nitrogen and oxygen atoms in total. The molecule has 0 aromatic heterocycles. The van der Waals surface area contributed by atoms with Crippen LogP contribution < -0.4 is 0 Å². The normalized spacial score (nSPS) is 13.6. The number of hydrogen-bond acceptors (Lipinski definition) is 1. The van der Waals surface area contributed by atoms with Crippen LogP contribution in [0.15, 0.2) is 30.8 Å². The zero-order valence-corrected chi connectivity index (χ0v) is 16.2. The predicted molar refractivity (Wildman–Crippen MR) is 99.0 cm³/mol. The van der Waals surface area contributed by atoms with Gasteiger partial charge in [-0.3, -0.25) is 0 Å². The van der Waals surface area contributed by atoms with Gasteiger partial charge in [-0.15, -0.1) is 0 Å². The maximum atomic E-state index is 3.82. The first-order chi connectivity index (χ1) is 9.43. The average molecular weight is 304 g/mol. The molecule has 0 spiro atoms. The molecule has 118 valence electrons. The maximum absolute atomic E-state index is 3.82. The highest BCUT2D eigenvalue weighted by Crippen LogP contribution is 2.52. The Bertz CT molecular complexity index is 460. The molecule has 0 amide bonds. The van der Waals surface area contributed by atoms with Crippen molar-refractivity contribution in [2.75, 3.05) is 7.05 Å². The van der Waals surface area contributed by atoms with Gasteiger partial charge in [-0.05, 0) is 28.3 Å². The summed E-state index contributed by atoms with van der Waals surface area (Å²) in [6, 6.07) is 8.77. The molecule has 0 N–H and O–H groups in total. The lowest BCUT2D eigenvalue weighted by Crippen LogP contribution is -2.61. The quantitative estimate of drug-likeness (QED) is 0.622. The molecule has 0 atom stereocenters. The average Bonchev–Trinajstić information content (AvgIpc) is 2.35. The second-order valence-corrected chi connectivity index (χ2v) is 14.3. The Balaban J connectivity index is 3.07. The van der Waals surface area contributed by atoms with E-state index in [1.807, 2.05) is 6.08 Å². The lowest BCUT2D eigenvalue weighted by Gasteiger charge is -2.54. The monoisotopic (exact) mass is 303 g/mol. The largest absolute Gasteiger partial charge is 0.321 e. The van der Waals surface area contributed by atoms with Crippen LogP contribution in [0.25, 0.3) is 6.08 Å². The Kier molecular flexibility index (Phi) is 5.28. The number of benzene rings is 1. The molecule has 2 heteroatoms. The smallest absolute Gasteiger partial charge is 0.136 e. The minimum atomic E-state index is -1.65. The second-order valence-electron chi connectivity index (χ2n) is 8.37. The molecular formula is C19H33NSi. The summed E-state index contributed by atoms with van der Waals surface area (Å²) in [5.74, 6) is 0. The van der Waals surface area contributed by atoms with E-state index in [0.717, 1.165) is 6.54 Å². The third-order valence-corrected chi connectivity index (χ3v) is 12.8. The zero-order valence-electron chi connectivity index (χ0n) is 15.2. The molecule has 1 aromatic rings. The van der Waals surface area contributed by atoms with Crippen LogP contribution in [0.1, 0.15) is 52.7 Å². The van der Waals surface area contributed by atoms with Crippen LogP contribution >= 0.6 is 0 Å². The van der Waals surface area contributed by atoms with Gasteiger partial charge in [0.05, 0.1) is 0 Å². The van der Waals surface area contributed by atoms with Crippen LogP contribution in [-0.2, 0) is 6.54 Å². The molecule has 1 rings (SSSR count). The molecule has 0 aliphatic heterocycles. The standard InChI is InChI=1S/C19H33NSi/c1-10-16-11-13-17(14-12-16)15-20(8)21(9,18(2,3)4)19(5,6)7/h10-14H,1,15H2,2-9H3. The number of nitrogens with zero attached hydrogens (tertiary/aromatic N) is 1. The van der Waals surface area contributed by atoms with Crippen LogP contribution in [0.4, 0.5) is 0 Å². The van der Waals surface area contributed by atoms with E-state index in [1.165, 1.54) is 11.1 Å². The van der Waals surface area contributed by atoms with Crippen molar-refractivity contribution in [1.82, 2.24) is 4.57 Å². The summed E-state index contributed by atoms with van der Waals surface area (Å²) in [6.45, 7) is 21.8. The van der Waals surface area contributed by atoms with Crippen LogP contribution in [0.3, 0.4) is 0 Å². The predicted octanol–water partition coefficient (Wildman–Crippen LogP) is 5.94. The molecule has 0 fully saturated rings. The van der Waals surface area contributed by atoms with Crippen molar-refractivity contribution in [2.45, 2.75) is 64.7 Å². The van der Waals surface area contributed by atoms with E-state index >= 15 is 0 Å². The van der Waals surface area contributed by atoms with Gasteiger partial charge in [0.15, 0.2) is 0 Å². The summed E-state index contributed by atoms with van der Waals surface area (Å²) in [4.78, 5) is 0. The van der Waals surface area contributed by atoms with Crippen molar-refractivity contribution in [3.05, 3.63) is 42.0 Å². The van der Waals surface area contributed by atoms with E-state index in [2.05, 4.69) is 90.5 Å². The second kappa shape index (κ2) is 6.10. The van der Waals surface area contributed by atoms with Crippen LogP contribution in [0, 0.1) is 0 Å². The Morgan fingerprint density at radius 3 is 1.76 bits per heavy atom. The molecule has 0 bridgehead atoms. The van der Waals surface area contributed by atoms with Gasteiger partial charge in [0, 0.05) is 6.54 Å². The van der Waals surface area contributed by atoms with Crippen molar-refractivity contribution in [1.29, 1.82) is 0 Å². The number of rotatable bonds is 4. The molecule has 0 heterocycles. The van der Waals surface area contributed by atoms with Gasteiger partial charge in [-0.2, -0.15) is 0 Å². The van der Waals surface area contributed by atoms with Crippen LogP contribution in [0.5, 0.6) is 0 Å². The topological polar surface area (TPSA) is 3.24 Å². The van der Waals surface area contributed by atoms with Gasteiger partial charge in [0.2, 0.25) is 0 Å². The summed E-state index contributed by atoms with van der Waals surface area (Å²) in [5, 5.41) is 0.669. The van der Waals surface area contributed by atoms with Crippen LogP contribution in [-0.4, -0.2) is 19.8 Å². The Morgan fingerprint density at radius 1 is 1.00 bits per heavy atom. The molecular weight excluding hydrogens is 270 g/mol. The van der Waals surface area contributed by atoms with E-state index in [1.54, 1.807) is 0 Å². The molecule has 0 saturated heterocycles. The van der Waals surface area contributed by atoms with Gasteiger partial charge in [-0.1, -0.05) is 85.0 Å². The van der Waals surface area contributed by atoms with Gasteiger partial charge in [0.25, 0.3) is 0 Å². The van der Waals surface area contributed by atoms with Gasteiger partial charge >= 0.3 is 0 Å². The summed E-state index contributed by atoms with van der Waals surface area (Å²) >= 11 is 0. The third kappa shape index (κ3) is 3.67. The molecule has 0 radical (unpaired) electrons. The molecule has 0 aliphatic carbocycles. The van der Waals surface area contributed by atoms with Crippen molar-refractivity contribution < 1.29 is 0 Å². The highest BCUT2D eigenvalue weighted by atomic mass is 28.3. The third-order valence-electron chi connectivity index (χ3n) is 5.32. The van der Waals surface area contributed by atoms with Crippen molar-refractivity contribution >= 4 is 14.3 Å². The van der Waals surface area contributed by atoms with Gasteiger partial charge < -0.3 is 4.57 Å². The fraction of sp³-hybridized carbons (Fsp3) is 0.579. The summed E-state index contributed by atoms with van der Waals surface area (Å²) < 4.78 is 2.65. The van der Waals surface area contributed by atoms with Gasteiger partial charge in [0.1, 0.15) is 8.24 Å². The SMILES string of the molecule is C=Cc1ccc(CN(C)[Si](C)(C(C)(C)C)C(C)(C)C)cc1. The minimum absolute atomic E-state index is 0.334. The highest BCUT2D eigenvalue weighted by Gasteiger charge is 2.51. The summed E-state index contributed by atoms with van der Waals surface area (Å²) in [5.41, 5.74) is 2.57. The first kappa shape index (κ1) is 18.2. The zero-order chi connectivity index (χ0) is 16.5. The van der Waals surface area contributed by atoms with E-state index in [4.69, 9.17) is 0 Å². The van der Waals surface area contributed by atoms with E-state index < -0.39 is 8.24 Å².